The molecule has 0 N–H and O–H groups in total. The van der Waals surface area contributed by atoms with E-state index in [-0.39, 0.29) is 5.78 Å². The van der Waals surface area contributed by atoms with Crippen LogP contribution in [0.15, 0.2) is 23.4 Å². The van der Waals surface area contributed by atoms with Gasteiger partial charge in [-0.15, -0.1) is 0 Å². The van der Waals surface area contributed by atoms with Crippen molar-refractivity contribution in [2.45, 2.75) is 0 Å². The summed E-state index contributed by atoms with van der Waals surface area (Å²) >= 11 is 5.57. The van der Waals surface area contributed by atoms with Gasteiger partial charge < -0.3 is 4.90 Å². The third-order valence-electron chi connectivity index (χ3n) is 1.24. The van der Waals surface area contributed by atoms with Crippen molar-refractivity contribution in [2.24, 2.45) is 0 Å². The minimum Gasteiger partial charge on any atom is -0.373 e. The molecule has 0 radical (unpaired) electrons. The number of allylic oxidation sites excluding steroid dienone is 2. The first-order valence-electron chi connectivity index (χ1n) is 2.97. The summed E-state index contributed by atoms with van der Waals surface area (Å²) in [4.78, 5) is 12.7. The van der Waals surface area contributed by atoms with Crippen LogP contribution in [0.25, 0.3) is 0 Å². The van der Waals surface area contributed by atoms with Crippen LogP contribution < -0.4 is 0 Å². The summed E-state index contributed by atoms with van der Waals surface area (Å²) in [5.74, 6) is -0.0332. The maximum absolute atomic E-state index is 10.9. The molecule has 0 saturated carbocycles. The molecule has 0 saturated heterocycles. The number of hydrogen-bond acceptors (Lipinski definition) is 2. The molecule has 1 heterocycles. The normalized spacial score (nSPS) is 18.8. The lowest BCUT2D eigenvalue weighted by Crippen LogP contribution is -2.19. The third kappa shape index (κ3) is 1.61. The van der Waals surface area contributed by atoms with Crippen molar-refractivity contribution in [3.63, 3.8) is 0 Å². The summed E-state index contributed by atoms with van der Waals surface area (Å²) in [5.41, 5.74) is 0. The zero-order valence-corrected chi connectivity index (χ0v) is 6.43. The fraction of sp³-hybridized carbons (Fsp3) is 0.286. The Kier molecular flexibility index (Phi) is 2.12. The molecule has 3 heteroatoms. The zero-order chi connectivity index (χ0) is 7.56. The Labute approximate surface area is 64.8 Å². The summed E-state index contributed by atoms with van der Waals surface area (Å²) in [7, 11) is 1.83. The number of halogens is 1. The Morgan fingerprint density at radius 2 is 2.40 bits per heavy atom. The highest BCUT2D eigenvalue weighted by Crippen LogP contribution is 2.07. The van der Waals surface area contributed by atoms with E-state index in [2.05, 4.69) is 0 Å². The Morgan fingerprint density at radius 3 is 3.10 bits per heavy atom. The molecule has 0 bridgehead atoms. The Morgan fingerprint density at radius 1 is 1.70 bits per heavy atom. The molecule has 0 amide bonds. The predicted molar refractivity (Wildman–Crippen MR) is 40.7 cm³/mol. The number of carbonyl (C=O) groups is 1. The van der Waals surface area contributed by atoms with Crippen molar-refractivity contribution in [1.29, 1.82) is 0 Å². The number of likely N-dealkylation sites (N-methyl/N-ethyl adjacent to an activating group) is 1. The van der Waals surface area contributed by atoms with Crippen LogP contribution in [0.5, 0.6) is 0 Å². The molecule has 0 fully saturated rings. The highest BCUT2D eigenvalue weighted by Gasteiger charge is 2.09. The summed E-state index contributed by atoms with van der Waals surface area (Å²) in [6, 6.07) is 0. The zero-order valence-electron chi connectivity index (χ0n) is 5.67. The lowest BCUT2D eigenvalue weighted by atomic mass is 10.3. The Balaban J connectivity index is 2.77. The second-order valence-corrected chi connectivity index (χ2v) is 2.60. The van der Waals surface area contributed by atoms with Crippen LogP contribution in [0.3, 0.4) is 0 Å². The maximum atomic E-state index is 10.9. The topological polar surface area (TPSA) is 20.3 Å². The van der Waals surface area contributed by atoms with Gasteiger partial charge in [0.05, 0.1) is 11.6 Å². The Hall–Kier alpha value is -0.760. The average Bonchev–Trinajstić information content (AvgIpc) is 1.96. The molecule has 1 aliphatic heterocycles. The van der Waals surface area contributed by atoms with E-state index in [9.17, 15) is 4.79 Å². The van der Waals surface area contributed by atoms with E-state index in [4.69, 9.17) is 11.6 Å². The second-order valence-electron chi connectivity index (χ2n) is 2.19. The number of nitrogens with zero attached hydrogens (tertiary/aromatic N) is 1. The van der Waals surface area contributed by atoms with Crippen LogP contribution in [-0.2, 0) is 4.79 Å². The molecule has 2 nitrogen and oxygen atoms in total. The van der Waals surface area contributed by atoms with Gasteiger partial charge in [-0.1, -0.05) is 11.6 Å². The van der Waals surface area contributed by atoms with E-state index in [0.29, 0.717) is 11.6 Å². The Bertz CT molecular complexity index is 208. The summed E-state index contributed by atoms with van der Waals surface area (Å²) in [5, 5.41) is 0.306. The molecule has 0 aromatic heterocycles. The van der Waals surface area contributed by atoms with Gasteiger partial charge in [-0.3, -0.25) is 4.79 Å². The van der Waals surface area contributed by atoms with Gasteiger partial charge in [-0.2, -0.15) is 0 Å². The molecule has 0 aliphatic carbocycles. The fourth-order valence-electron chi connectivity index (χ4n) is 0.722. The summed E-state index contributed by atoms with van der Waals surface area (Å²) < 4.78 is 0. The van der Waals surface area contributed by atoms with Crippen molar-refractivity contribution in [3.05, 3.63) is 23.4 Å². The van der Waals surface area contributed by atoms with Crippen LogP contribution >= 0.6 is 11.6 Å². The molecule has 54 valence electrons. The SMILES string of the molecule is CN1C=CC=C(Cl)C(=O)C1. The smallest absolute Gasteiger partial charge is 0.193 e. The molecular formula is C7H8ClNO. The third-order valence-corrected chi connectivity index (χ3v) is 1.58. The number of carbonyl (C=O) groups excluding carboxylic acids is 1. The standard InChI is InChI=1S/C7H8ClNO/c1-9-4-2-3-6(8)7(10)5-9/h2-4H,5H2,1H3. The van der Waals surface area contributed by atoms with Crippen LogP contribution in [0.4, 0.5) is 0 Å². The van der Waals surface area contributed by atoms with Crippen molar-refractivity contribution in [1.82, 2.24) is 4.90 Å². The van der Waals surface area contributed by atoms with E-state index < -0.39 is 0 Å². The average molecular weight is 158 g/mol. The summed E-state index contributed by atoms with van der Waals surface area (Å²) in [6.07, 6.45) is 5.17. The van der Waals surface area contributed by atoms with Crippen molar-refractivity contribution < 1.29 is 4.79 Å². The maximum Gasteiger partial charge on any atom is 0.193 e. The lowest BCUT2D eigenvalue weighted by molar-refractivity contribution is -0.115. The minimum atomic E-state index is -0.0332. The van der Waals surface area contributed by atoms with Gasteiger partial charge in [-0.25, -0.2) is 0 Å². The van der Waals surface area contributed by atoms with Crippen molar-refractivity contribution >= 4 is 17.4 Å². The van der Waals surface area contributed by atoms with Gasteiger partial charge in [0, 0.05) is 7.05 Å². The van der Waals surface area contributed by atoms with E-state index in [1.165, 1.54) is 0 Å². The number of ketones is 1. The van der Waals surface area contributed by atoms with Gasteiger partial charge in [0.2, 0.25) is 0 Å². The summed E-state index contributed by atoms with van der Waals surface area (Å²) in [6.45, 7) is 0.367. The van der Waals surface area contributed by atoms with Crippen molar-refractivity contribution in [2.75, 3.05) is 13.6 Å². The quantitative estimate of drug-likeness (QED) is 0.526. The molecule has 0 atom stereocenters. The number of Topliss-reactive ketones (excluding diaryl/α,β-unsaturated/α-hetero) is 1. The fourth-order valence-corrected chi connectivity index (χ4v) is 0.855. The molecule has 10 heavy (non-hydrogen) atoms. The van der Waals surface area contributed by atoms with Crippen LogP contribution in [0.2, 0.25) is 0 Å². The highest BCUT2D eigenvalue weighted by molar-refractivity contribution is 6.43. The molecule has 0 unspecified atom stereocenters. The van der Waals surface area contributed by atoms with Crippen LogP contribution in [0.1, 0.15) is 0 Å². The molecule has 0 aromatic rings. The molecule has 1 aliphatic rings. The van der Waals surface area contributed by atoms with E-state index >= 15 is 0 Å². The van der Waals surface area contributed by atoms with Gasteiger partial charge in [-0.05, 0) is 18.4 Å². The highest BCUT2D eigenvalue weighted by atomic mass is 35.5. The van der Waals surface area contributed by atoms with E-state index in [1.807, 2.05) is 13.2 Å². The van der Waals surface area contributed by atoms with Gasteiger partial charge >= 0.3 is 0 Å². The van der Waals surface area contributed by atoms with E-state index in [1.54, 1.807) is 17.1 Å². The number of hydrogen-bond donors (Lipinski definition) is 0. The van der Waals surface area contributed by atoms with Crippen molar-refractivity contribution in [3.8, 4) is 0 Å². The monoisotopic (exact) mass is 157 g/mol. The van der Waals surface area contributed by atoms with Gasteiger partial charge in [0.1, 0.15) is 0 Å². The first kappa shape index (κ1) is 7.35. The lowest BCUT2D eigenvalue weighted by Gasteiger charge is -2.08. The van der Waals surface area contributed by atoms with Crippen LogP contribution in [-0.4, -0.2) is 24.3 Å². The molecule has 0 spiro atoms. The predicted octanol–water partition coefficient (Wildman–Crippen LogP) is 1.14. The molecular weight excluding hydrogens is 150 g/mol. The molecule has 0 aromatic carbocycles. The minimum absolute atomic E-state index is 0.0332. The van der Waals surface area contributed by atoms with E-state index in [0.717, 1.165) is 0 Å². The first-order valence-corrected chi connectivity index (χ1v) is 3.35. The van der Waals surface area contributed by atoms with Crippen LogP contribution in [0, 0.1) is 0 Å². The first-order chi connectivity index (χ1) is 4.70. The second kappa shape index (κ2) is 2.88. The molecule has 1 rings (SSSR count). The largest absolute Gasteiger partial charge is 0.373 e. The number of rotatable bonds is 0. The van der Waals surface area contributed by atoms with Gasteiger partial charge in [0.25, 0.3) is 0 Å². The van der Waals surface area contributed by atoms with Gasteiger partial charge in [0.15, 0.2) is 5.78 Å².